The van der Waals surface area contributed by atoms with E-state index in [1.54, 1.807) is 48.5 Å². The van der Waals surface area contributed by atoms with Crippen molar-refractivity contribution in [2.75, 3.05) is 11.9 Å². The van der Waals surface area contributed by atoms with Gasteiger partial charge in [-0.25, -0.2) is 0 Å². The highest BCUT2D eigenvalue weighted by Gasteiger charge is 2.06. The Balaban J connectivity index is 1.84. The highest BCUT2D eigenvalue weighted by molar-refractivity contribution is 6.30. The van der Waals surface area contributed by atoms with Gasteiger partial charge in [0.15, 0.2) is 6.61 Å². The number of aliphatic hydroxyl groups is 1. The molecule has 22 heavy (non-hydrogen) atoms. The van der Waals surface area contributed by atoms with Crippen LogP contribution in [0.1, 0.15) is 25.0 Å². The zero-order chi connectivity index (χ0) is 15.9. The van der Waals surface area contributed by atoms with Gasteiger partial charge in [-0.2, -0.15) is 0 Å². The van der Waals surface area contributed by atoms with Gasteiger partial charge in [0.2, 0.25) is 0 Å². The molecular formula is C17H18ClNO3. The fourth-order valence-electron chi connectivity index (χ4n) is 1.90. The van der Waals surface area contributed by atoms with Gasteiger partial charge in [0.05, 0.1) is 6.10 Å². The largest absolute Gasteiger partial charge is 0.484 e. The predicted octanol–water partition coefficient (Wildman–Crippen LogP) is 3.80. The van der Waals surface area contributed by atoms with Gasteiger partial charge >= 0.3 is 0 Å². The Morgan fingerprint density at radius 2 is 1.82 bits per heavy atom. The van der Waals surface area contributed by atoms with Gasteiger partial charge in [0, 0.05) is 10.7 Å². The lowest BCUT2D eigenvalue weighted by Crippen LogP contribution is -2.20. The van der Waals surface area contributed by atoms with Crippen LogP contribution >= 0.6 is 11.6 Å². The summed E-state index contributed by atoms with van der Waals surface area (Å²) < 4.78 is 5.41. The molecule has 4 nitrogen and oxygen atoms in total. The number of amides is 1. The second-order valence-electron chi connectivity index (χ2n) is 4.84. The Hall–Kier alpha value is -2.04. The van der Waals surface area contributed by atoms with Gasteiger partial charge in [-0.3, -0.25) is 4.79 Å². The molecule has 116 valence electrons. The zero-order valence-corrected chi connectivity index (χ0v) is 13.0. The molecule has 2 aromatic rings. The number of aliphatic hydroxyl groups excluding tert-OH is 1. The normalized spacial score (nSPS) is 11.8. The fourth-order valence-corrected chi connectivity index (χ4v) is 2.03. The van der Waals surface area contributed by atoms with E-state index in [2.05, 4.69) is 5.32 Å². The monoisotopic (exact) mass is 319 g/mol. The molecule has 0 aliphatic carbocycles. The van der Waals surface area contributed by atoms with Crippen LogP contribution < -0.4 is 10.1 Å². The lowest BCUT2D eigenvalue weighted by atomic mass is 10.1. The zero-order valence-electron chi connectivity index (χ0n) is 12.3. The molecule has 0 bridgehead atoms. The standard InChI is InChI=1S/C17H18ClNO3/c1-2-16(20)12-3-9-15(10-4-12)22-11-17(21)19-14-7-5-13(18)6-8-14/h3-10,16,20H,2,11H2,1H3,(H,19,21). The lowest BCUT2D eigenvalue weighted by molar-refractivity contribution is -0.118. The Morgan fingerprint density at radius 3 is 2.41 bits per heavy atom. The van der Waals surface area contributed by atoms with Crippen molar-refractivity contribution < 1.29 is 14.6 Å². The first-order valence-corrected chi connectivity index (χ1v) is 7.42. The minimum Gasteiger partial charge on any atom is -0.484 e. The van der Waals surface area contributed by atoms with Crippen LogP contribution in [-0.2, 0) is 4.79 Å². The molecule has 1 unspecified atom stereocenters. The Morgan fingerprint density at radius 1 is 1.18 bits per heavy atom. The van der Waals surface area contributed by atoms with Crippen LogP contribution in [0.25, 0.3) is 0 Å². The number of anilines is 1. The summed E-state index contributed by atoms with van der Waals surface area (Å²) in [5.41, 5.74) is 1.50. The minimum atomic E-state index is -0.470. The van der Waals surface area contributed by atoms with E-state index in [0.29, 0.717) is 22.9 Å². The quantitative estimate of drug-likeness (QED) is 0.851. The van der Waals surface area contributed by atoms with Crippen molar-refractivity contribution in [3.63, 3.8) is 0 Å². The highest BCUT2D eigenvalue weighted by atomic mass is 35.5. The molecule has 0 aromatic heterocycles. The molecule has 0 fully saturated rings. The molecule has 2 aromatic carbocycles. The average molecular weight is 320 g/mol. The number of hydrogen-bond acceptors (Lipinski definition) is 3. The maximum absolute atomic E-state index is 11.8. The van der Waals surface area contributed by atoms with Crippen LogP contribution in [0.4, 0.5) is 5.69 Å². The van der Waals surface area contributed by atoms with E-state index in [-0.39, 0.29) is 12.5 Å². The van der Waals surface area contributed by atoms with E-state index in [4.69, 9.17) is 16.3 Å². The summed E-state index contributed by atoms with van der Waals surface area (Å²) in [4.78, 5) is 11.8. The molecule has 0 saturated heterocycles. The fraction of sp³-hybridized carbons (Fsp3) is 0.235. The maximum atomic E-state index is 11.8. The van der Waals surface area contributed by atoms with Gasteiger partial charge in [0.25, 0.3) is 5.91 Å². The Bertz CT molecular complexity index is 611. The Kier molecular flexibility index (Phi) is 5.81. The van der Waals surface area contributed by atoms with E-state index in [9.17, 15) is 9.90 Å². The van der Waals surface area contributed by atoms with Crippen molar-refractivity contribution in [3.8, 4) is 5.75 Å². The summed E-state index contributed by atoms with van der Waals surface area (Å²) in [7, 11) is 0. The van der Waals surface area contributed by atoms with Crippen LogP contribution in [-0.4, -0.2) is 17.6 Å². The third-order valence-corrected chi connectivity index (χ3v) is 3.40. The summed E-state index contributed by atoms with van der Waals surface area (Å²) in [6.07, 6.45) is 0.186. The predicted molar refractivity (Wildman–Crippen MR) is 87.3 cm³/mol. The molecule has 0 aliphatic heterocycles. The van der Waals surface area contributed by atoms with Crippen molar-refractivity contribution >= 4 is 23.2 Å². The Labute approximate surface area is 134 Å². The maximum Gasteiger partial charge on any atom is 0.262 e. The summed E-state index contributed by atoms with van der Waals surface area (Å²) in [6, 6.07) is 13.9. The number of halogens is 1. The van der Waals surface area contributed by atoms with Crippen molar-refractivity contribution in [2.45, 2.75) is 19.4 Å². The number of carbonyl (C=O) groups excluding carboxylic acids is 1. The topological polar surface area (TPSA) is 58.6 Å². The molecule has 0 spiro atoms. The molecule has 0 saturated carbocycles. The lowest BCUT2D eigenvalue weighted by Gasteiger charge is -2.10. The van der Waals surface area contributed by atoms with E-state index < -0.39 is 6.10 Å². The van der Waals surface area contributed by atoms with Gasteiger partial charge in [-0.05, 0) is 48.4 Å². The molecule has 5 heteroatoms. The summed E-state index contributed by atoms with van der Waals surface area (Å²) in [5.74, 6) is 0.332. The first-order chi connectivity index (χ1) is 10.6. The van der Waals surface area contributed by atoms with Crippen LogP contribution in [0, 0.1) is 0 Å². The van der Waals surface area contributed by atoms with Gasteiger partial charge in [-0.1, -0.05) is 30.7 Å². The number of rotatable bonds is 6. The van der Waals surface area contributed by atoms with E-state index >= 15 is 0 Å². The molecule has 1 atom stereocenters. The number of ether oxygens (including phenoxy) is 1. The summed E-state index contributed by atoms with van der Waals surface area (Å²) in [6.45, 7) is 1.83. The first-order valence-electron chi connectivity index (χ1n) is 7.04. The van der Waals surface area contributed by atoms with Crippen LogP contribution in [0.5, 0.6) is 5.75 Å². The molecule has 1 amide bonds. The van der Waals surface area contributed by atoms with Crippen molar-refractivity contribution in [3.05, 3.63) is 59.1 Å². The van der Waals surface area contributed by atoms with Gasteiger partial charge < -0.3 is 15.2 Å². The summed E-state index contributed by atoms with van der Waals surface area (Å²) in [5, 5.41) is 13.0. The van der Waals surface area contributed by atoms with E-state index in [0.717, 1.165) is 5.56 Å². The molecule has 2 N–H and O–H groups in total. The minimum absolute atomic E-state index is 0.0850. The van der Waals surface area contributed by atoms with Crippen LogP contribution in [0.3, 0.4) is 0 Å². The number of benzene rings is 2. The van der Waals surface area contributed by atoms with Gasteiger partial charge in [0.1, 0.15) is 5.75 Å². The smallest absolute Gasteiger partial charge is 0.262 e. The average Bonchev–Trinajstić information content (AvgIpc) is 2.55. The van der Waals surface area contributed by atoms with E-state index in [1.807, 2.05) is 6.92 Å². The van der Waals surface area contributed by atoms with Crippen molar-refractivity contribution in [2.24, 2.45) is 0 Å². The van der Waals surface area contributed by atoms with Crippen molar-refractivity contribution in [1.29, 1.82) is 0 Å². The number of nitrogens with one attached hydrogen (secondary N) is 1. The van der Waals surface area contributed by atoms with Crippen LogP contribution in [0.2, 0.25) is 5.02 Å². The molecule has 0 aliphatic rings. The van der Waals surface area contributed by atoms with Crippen LogP contribution in [0.15, 0.2) is 48.5 Å². The number of hydrogen-bond donors (Lipinski definition) is 2. The SMILES string of the molecule is CCC(O)c1ccc(OCC(=O)Nc2ccc(Cl)cc2)cc1. The third kappa shape index (κ3) is 4.76. The molecular weight excluding hydrogens is 302 g/mol. The molecule has 2 rings (SSSR count). The first kappa shape index (κ1) is 16.3. The second-order valence-corrected chi connectivity index (χ2v) is 5.27. The van der Waals surface area contributed by atoms with Gasteiger partial charge in [-0.15, -0.1) is 0 Å². The highest BCUT2D eigenvalue weighted by Crippen LogP contribution is 2.20. The third-order valence-electron chi connectivity index (χ3n) is 3.15. The summed E-state index contributed by atoms with van der Waals surface area (Å²) >= 11 is 5.78. The molecule has 0 radical (unpaired) electrons. The number of carbonyl (C=O) groups is 1. The van der Waals surface area contributed by atoms with Crippen molar-refractivity contribution in [1.82, 2.24) is 0 Å². The van der Waals surface area contributed by atoms with E-state index in [1.165, 1.54) is 0 Å². The molecule has 0 heterocycles. The second kappa shape index (κ2) is 7.82.